The summed E-state index contributed by atoms with van der Waals surface area (Å²) >= 11 is 0. The Bertz CT molecular complexity index is 1590. The van der Waals surface area contributed by atoms with Crippen LogP contribution in [0.15, 0.2) is 109 Å². The number of hydrogen-bond acceptors (Lipinski definition) is 6. The van der Waals surface area contributed by atoms with E-state index in [0.29, 0.717) is 19.3 Å². The van der Waals surface area contributed by atoms with Gasteiger partial charge in [0, 0.05) is 19.3 Å². The molecule has 0 bridgehead atoms. The molecule has 0 aromatic heterocycles. The van der Waals surface area contributed by atoms with Crippen LogP contribution in [0.2, 0.25) is 0 Å². The Morgan fingerprint density at radius 3 is 0.823 bits per heavy atom. The summed E-state index contributed by atoms with van der Waals surface area (Å²) in [5.41, 5.74) is 0. The number of carbonyl (C=O) groups is 3. The van der Waals surface area contributed by atoms with Crippen LogP contribution in [-0.2, 0) is 28.6 Å². The Labute approximate surface area is 489 Å². The Balaban J connectivity index is 4.33. The minimum absolute atomic E-state index is 0.0866. The van der Waals surface area contributed by atoms with Crippen molar-refractivity contribution in [3.8, 4) is 0 Å². The highest BCUT2D eigenvalue weighted by atomic mass is 16.6. The van der Waals surface area contributed by atoms with Crippen LogP contribution >= 0.6 is 0 Å². The maximum absolute atomic E-state index is 12.9. The highest BCUT2D eigenvalue weighted by Crippen LogP contribution is 2.16. The molecule has 1 unspecified atom stereocenters. The van der Waals surface area contributed by atoms with E-state index in [0.717, 1.165) is 135 Å². The second-order valence-corrected chi connectivity index (χ2v) is 22.0. The third-order valence-corrected chi connectivity index (χ3v) is 14.2. The van der Waals surface area contributed by atoms with Crippen molar-refractivity contribution in [1.82, 2.24) is 0 Å². The molecule has 0 N–H and O–H groups in total. The van der Waals surface area contributed by atoms with E-state index in [1.165, 1.54) is 141 Å². The molecule has 452 valence electrons. The van der Waals surface area contributed by atoms with E-state index in [1.54, 1.807) is 0 Å². The molecule has 0 fully saturated rings. The van der Waals surface area contributed by atoms with Gasteiger partial charge in [-0.15, -0.1) is 0 Å². The summed E-state index contributed by atoms with van der Waals surface area (Å²) in [6.45, 7) is 6.46. The van der Waals surface area contributed by atoms with E-state index in [9.17, 15) is 14.4 Å². The molecule has 0 heterocycles. The molecule has 0 aliphatic rings. The number of rotatable bonds is 60. The van der Waals surface area contributed by atoms with E-state index < -0.39 is 6.10 Å². The van der Waals surface area contributed by atoms with Crippen molar-refractivity contribution >= 4 is 17.9 Å². The van der Waals surface area contributed by atoms with E-state index >= 15 is 0 Å². The van der Waals surface area contributed by atoms with Crippen LogP contribution in [0.4, 0.5) is 0 Å². The van der Waals surface area contributed by atoms with Gasteiger partial charge in [-0.25, -0.2) is 0 Å². The van der Waals surface area contributed by atoms with Crippen LogP contribution in [0.3, 0.4) is 0 Å². The van der Waals surface area contributed by atoms with Gasteiger partial charge in [-0.3, -0.25) is 14.4 Å². The van der Waals surface area contributed by atoms with Crippen LogP contribution < -0.4 is 0 Å². The summed E-state index contributed by atoms with van der Waals surface area (Å²) in [4.78, 5) is 38.4. The summed E-state index contributed by atoms with van der Waals surface area (Å²) < 4.78 is 16.9. The normalized spacial score (nSPS) is 12.8. The molecule has 6 nitrogen and oxygen atoms in total. The zero-order valence-electron chi connectivity index (χ0n) is 51.9. The number of hydrogen-bond donors (Lipinski definition) is 0. The van der Waals surface area contributed by atoms with Crippen molar-refractivity contribution in [3.63, 3.8) is 0 Å². The van der Waals surface area contributed by atoms with Crippen molar-refractivity contribution < 1.29 is 28.6 Å². The first kappa shape index (κ1) is 75.1. The molecular weight excluding hydrogens is 973 g/mol. The molecule has 0 aromatic rings. The zero-order chi connectivity index (χ0) is 57.1. The number of carbonyl (C=O) groups excluding carboxylic acids is 3. The summed E-state index contributed by atoms with van der Waals surface area (Å²) in [6, 6.07) is 0. The summed E-state index contributed by atoms with van der Waals surface area (Å²) in [7, 11) is 0. The van der Waals surface area contributed by atoms with Crippen molar-refractivity contribution in [2.45, 2.75) is 322 Å². The van der Waals surface area contributed by atoms with E-state index in [1.807, 2.05) is 0 Å². The fourth-order valence-electron chi connectivity index (χ4n) is 9.24. The van der Waals surface area contributed by atoms with Crippen LogP contribution in [0.25, 0.3) is 0 Å². The fraction of sp³-hybridized carbons (Fsp3) is 0.712. The number of esters is 3. The lowest BCUT2D eigenvalue weighted by Gasteiger charge is -2.18. The van der Waals surface area contributed by atoms with Crippen LogP contribution in [0.1, 0.15) is 316 Å². The first-order chi connectivity index (χ1) is 39.0. The largest absolute Gasteiger partial charge is 0.462 e. The standard InChI is InChI=1S/C73H124O6/c1-4-7-10-13-16-19-22-25-27-29-31-33-35-36-38-39-41-43-45-48-51-54-57-60-63-66-72(75)78-69-70(68-77-71(74)65-62-59-56-53-50-47-24-21-18-15-12-9-6-3)79-73(76)67-64-61-58-55-52-49-46-44-42-40-37-34-32-30-28-26-23-20-17-14-11-8-5-2/h7,10,12,15-16,19,21,23-27,30-33,37,40,70H,4-6,8-9,11,13-14,17-18,20,22,28-29,34-36,38-39,41-69H2,1-3H3/b10-7-,15-12-,19-16-,24-21-,26-23-,27-25-,32-30-,33-31-,40-37-. The van der Waals surface area contributed by atoms with Crippen molar-refractivity contribution in [2.75, 3.05) is 13.2 Å². The SMILES string of the molecule is CC/C=C\C/C=C\C/C=C\C/C=C\CCCCCCCCCCCCCCC(=O)OCC(COC(=O)CCCCCCC/C=C\C/C=C\CCC)OC(=O)CCCCCCCCCC/C=C\C/C=C\C/C=C\CCCCCCC. The molecule has 0 rings (SSSR count). The maximum atomic E-state index is 12.9. The van der Waals surface area contributed by atoms with Gasteiger partial charge in [-0.1, -0.05) is 284 Å². The van der Waals surface area contributed by atoms with Crippen LogP contribution in [0, 0.1) is 0 Å². The predicted octanol–water partition coefficient (Wildman–Crippen LogP) is 23.0. The van der Waals surface area contributed by atoms with Crippen molar-refractivity contribution in [2.24, 2.45) is 0 Å². The molecule has 0 aliphatic carbocycles. The van der Waals surface area contributed by atoms with Gasteiger partial charge in [0.15, 0.2) is 6.10 Å². The molecular formula is C73H124O6. The summed E-state index contributed by atoms with van der Waals surface area (Å²) in [5.74, 6) is -0.901. The molecule has 79 heavy (non-hydrogen) atoms. The van der Waals surface area contributed by atoms with Gasteiger partial charge >= 0.3 is 17.9 Å². The highest BCUT2D eigenvalue weighted by molar-refractivity contribution is 5.71. The second-order valence-electron chi connectivity index (χ2n) is 22.0. The molecule has 0 aliphatic heterocycles. The Morgan fingerprint density at radius 2 is 0.519 bits per heavy atom. The average Bonchev–Trinajstić information content (AvgIpc) is 3.45. The van der Waals surface area contributed by atoms with Gasteiger partial charge in [0.25, 0.3) is 0 Å². The van der Waals surface area contributed by atoms with Gasteiger partial charge in [0.2, 0.25) is 0 Å². The number of unbranched alkanes of at least 4 members (excludes halogenated alkanes) is 31. The van der Waals surface area contributed by atoms with Gasteiger partial charge in [0.05, 0.1) is 0 Å². The first-order valence-corrected chi connectivity index (χ1v) is 33.4. The smallest absolute Gasteiger partial charge is 0.306 e. The molecule has 0 saturated carbocycles. The predicted molar refractivity (Wildman–Crippen MR) is 343 cm³/mol. The number of allylic oxidation sites excluding steroid dienone is 18. The molecule has 0 amide bonds. The highest BCUT2D eigenvalue weighted by Gasteiger charge is 2.19. The quantitative estimate of drug-likeness (QED) is 0.0261. The minimum atomic E-state index is -0.792. The summed E-state index contributed by atoms with van der Waals surface area (Å²) in [5, 5.41) is 0. The van der Waals surface area contributed by atoms with Crippen LogP contribution in [0.5, 0.6) is 0 Å². The monoisotopic (exact) mass is 1100 g/mol. The van der Waals surface area contributed by atoms with Gasteiger partial charge < -0.3 is 14.2 Å². The third-order valence-electron chi connectivity index (χ3n) is 14.2. The number of ether oxygens (including phenoxy) is 3. The Kier molecular flexibility index (Phi) is 63.3. The lowest BCUT2D eigenvalue weighted by Crippen LogP contribution is -2.30. The van der Waals surface area contributed by atoms with Gasteiger partial charge in [-0.05, 0) is 122 Å². The lowest BCUT2D eigenvalue weighted by atomic mass is 10.0. The lowest BCUT2D eigenvalue weighted by molar-refractivity contribution is -0.167. The fourth-order valence-corrected chi connectivity index (χ4v) is 9.24. The molecule has 1 atom stereocenters. The average molecular weight is 1100 g/mol. The summed E-state index contributed by atoms with van der Waals surface area (Å²) in [6.07, 6.45) is 91.0. The first-order valence-electron chi connectivity index (χ1n) is 33.4. The van der Waals surface area contributed by atoms with Crippen LogP contribution in [-0.4, -0.2) is 37.2 Å². The topological polar surface area (TPSA) is 78.9 Å². The zero-order valence-corrected chi connectivity index (χ0v) is 51.9. The molecule has 0 radical (unpaired) electrons. The second kappa shape index (κ2) is 66.6. The Morgan fingerprint density at radius 1 is 0.266 bits per heavy atom. The molecule has 0 aromatic carbocycles. The van der Waals surface area contributed by atoms with Gasteiger partial charge in [0.1, 0.15) is 13.2 Å². The third kappa shape index (κ3) is 64.8. The maximum Gasteiger partial charge on any atom is 0.306 e. The van der Waals surface area contributed by atoms with Gasteiger partial charge in [-0.2, -0.15) is 0 Å². The van der Waals surface area contributed by atoms with E-state index in [4.69, 9.17) is 14.2 Å². The van der Waals surface area contributed by atoms with E-state index in [2.05, 4.69) is 130 Å². The van der Waals surface area contributed by atoms with Crippen molar-refractivity contribution in [1.29, 1.82) is 0 Å². The Hall–Kier alpha value is -3.93. The molecule has 0 saturated heterocycles. The minimum Gasteiger partial charge on any atom is -0.462 e. The molecule has 0 spiro atoms. The molecule has 6 heteroatoms. The van der Waals surface area contributed by atoms with E-state index in [-0.39, 0.29) is 31.1 Å². The van der Waals surface area contributed by atoms with Crippen molar-refractivity contribution in [3.05, 3.63) is 109 Å².